The Kier molecular flexibility index (Phi) is 5.91. The normalized spacial score (nSPS) is 10.4. The quantitative estimate of drug-likeness (QED) is 0.750. The summed E-state index contributed by atoms with van der Waals surface area (Å²) in [4.78, 5) is 12.8. The molecule has 2 rings (SSSR count). The number of anilines is 1. The van der Waals surface area contributed by atoms with Crippen LogP contribution >= 0.6 is 35.0 Å². The van der Waals surface area contributed by atoms with Crippen LogP contribution in [0.2, 0.25) is 10.0 Å². The van der Waals surface area contributed by atoms with Crippen molar-refractivity contribution in [2.75, 3.05) is 11.1 Å². The van der Waals surface area contributed by atoms with Gasteiger partial charge in [0.05, 0.1) is 15.7 Å². The minimum absolute atomic E-state index is 0.145. The maximum Gasteiger partial charge on any atom is 0.225 e. The van der Waals surface area contributed by atoms with Gasteiger partial charge in [-0.25, -0.2) is 4.39 Å². The molecule has 0 spiro atoms. The van der Waals surface area contributed by atoms with Crippen LogP contribution in [-0.4, -0.2) is 11.7 Å². The molecule has 6 heteroatoms. The molecule has 21 heavy (non-hydrogen) atoms. The lowest BCUT2D eigenvalue weighted by Crippen LogP contribution is -2.12. The van der Waals surface area contributed by atoms with E-state index in [-0.39, 0.29) is 11.7 Å². The molecule has 0 bridgehead atoms. The van der Waals surface area contributed by atoms with Crippen molar-refractivity contribution in [3.05, 3.63) is 58.3 Å². The minimum atomic E-state index is -0.271. The fourth-order valence-electron chi connectivity index (χ4n) is 1.61. The molecule has 0 aliphatic carbocycles. The SMILES string of the molecule is O=C(CCSc1ccc(F)cc1)Nc1cccc(Cl)c1Cl. The number of halogens is 3. The van der Waals surface area contributed by atoms with Crippen LogP contribution in [0.1, 0.15) is 6.42 Å². The van der Waals surface area contributed by atoms with Gasteiger partial charge in [-0.1, -0.05) is 29.3 Å². The molecule has 1 N–H and O–H groups in total. The van der Waals surface area contributed by atoms with E-state index in [1.807, 2.05) is 0 Å². The molecule has 110 valence electrons. The summed E-state index contributed by atoms with van der Waals surface area (Å²) in [5, 5.41) is 3.45. The zero-order valence-electron chi connectivity index (χ0n) is 10.9. The molecule has 0 saturated carbocycles. The van der Waals surface area contributed by atoms with Crippen molar-refractivity contribution in [2.45, 2.75) is 11.3 Å². The minimum Gasteiger partial charge on any atom is -0.325 e. The first kappa shape index (κ1) is 16.1. The molecule has 0 fully saturated rings. The van der Waals surface area contributed by atoms with Gasteiger partial charge in [-0.15, -0.1) is 11.8 Å². The van der Waals surface area contributed by atoms with Gasteiger partial charge in [-0.05, 0) is 36.4 Å². The number of benzene rings is 2. The monoisotopic (exact) mass is 343 g/mol. The molecule has 0 atom stereocenters. The van der Waals surface area contributed by atoms with Crippen LogP contribution in [0.5, 0.6) is 0 Å². The van der Waals surface area contributed by atoms with Gasteiger partial charge in [0.1, 0.15) is 5.82 Å². The number of carbonyl (C=O) groups is 1. The van der Waals surface area contributed by atoms with Crippen LogP contribution in [0, 0.1) is 5.82 Å². The van der Waals surface area contributed by atoms with Crippen molar-refractivity contribution >= 4 is 46.6 Å². The maximum atomic E-state index is 12.8. The van der Waals surface area contributed by atoms with Gasteiger partial charge in [0.15, 0.2) is 0 Å². The topological polar surface area (TPSA) is 29.1 Å². The summed E-state index contributed by atoms with van der Waals surface area (Å²) in [6, 6.07) is 11.2. The number of nitrogens with one attached hydrogen (secondary N) is 1. The highest BCUT2D eigenvalue weighted by atomic mass is 35.5. The fourth-order valence-corrected chi connectivity index (χ4v) is 2.80. The largest absolute Gasteiger partial charge is 0.325 e. The summed E-state index contributed by atoms with van der Waals surface area (Å²) < 4.78 is 12.8. The van der Waals surface area contributed by atoms with E-state index in [1.165, 1.54) is 23.9 Å². The van der Waals surface area contributed by atoms with E-state index in [9.17, 15) is 9.18 Å². The summed E-state index contributed by atoms with van der Waals surface area (Å²) in [5.41, 5.74) is 0.501. The summed E-state index contributed by atoms with van der Waals surface area (Å²) in [6.07, 6.45) is 0.324. The van der Waals surface area contributed by atoms with Gasteiger partial charge in [0, 0.05) is 17.1 Å². The van der Waals surface area contributed by atoms with Crippen LogP contribution in [0.3, 0.4) is 0 Å². The van der Waals surface area contributed by atoms with E-state index in [0.29, 0.717) is 27.9 Å². The number of rotatable bonds is 5. The van der Waals surface area contributed by atoms with Gasteiger partial charge >= 0.3 is 0 Å². The molecule has 0 saturated heterocycles. The number of hydrogen-bond acceptors (Lipinski definition) is 2. The van der Waals surface area contributed by atoms with Crippen LogP contribution in [0.15, 0.2) is 47.4 Å². The smallest absolute Gasteiger partial charge is 0.225 e. The first-order chi connectivity index (χ1) is 10.1. The molecule has 0 aliphatic rings. The predicted molar refractivity (Wildman–Crippen MR) is 86.8 cm³/mol. The molecule has 0 heterocycles. The molecule has 2 aromatic carbocycles. The molecule has 0 aromatic heterocycles. The number of hydrogen-bond donors (Lipinski definition) is 1. The summed E-state index contributed by atoms with van der Waals surface area (Å²) in [5.74, 6) is 0.178. The highest BCUT2D eigenvalue weighted by molar-refractivity contribution is 7.99. The summed E-state index contributed by atoms with van der Waals surface area (Å²) in [7, 11) is 0. The third-order valence-corrected chi connectivity index (χ3v) is 4.47. The van der Waals surface area contributed by atoms with Crippen LogP contribution < -0.4 is 5.32 Å². The highest BCUT2D eigenvalue weighted by Crippen LogP contribution is 2.29. The van der Waals surface area contributed by atoms with E-state index < -0.39 is 0 Å². The van der Waals surface area contributed by atoms with Crippen molar-refractivity contribution in [3.8, 4) is 0 Å². The fraction of sp³-hybridized carbons (Fsp3) is 0.133. The second-order valence-corrected chi connectivity index (χ2v) is 6.16. The lowest BCUT2D eigenvalue weighted by molar-refractivity contribution is -0.115. The van der Waals surface area contributed by atoms with E-state index in [0.717, 1.165) is 4.90 Å². The van der Waals surface area contributed by atoms with Gasteiger partial charge in [0.25, 0.3) is 0 Å². The Morgan fingerprint density at radius 3 is 2.57 bits per heavy atom. The zero-order chi connectivity index (χ0) is 15.2. The lowest BCUT2D eigenvalue weighted by Gasteiger charge is -2.08. The number of amides is 1. The second-order valence-electron chi connectivity index (χ2n) is 4.20. The number of thioether (sulfide) groups is 1. The van der Waals surface area contributed by atoms with E-state index in [4.69, 9.17) is 23.2 Å². The average Bonchev–Trinajstić information content (AvgIpc) is 2.46. The molecule has 1 amide bonds. The number of carbonyl (C=O) groups excluding carboxylic acids is 1. The molecule has 0 unspecified atom stereocenters. The van der Waals surface area contributed by atoms with E-state index in [1.54, 1.807) is 30.3 Å². The van der Waals surface area contributed by atoms with Crippen molar-refractivity contribution in [2.24, 2.45) is 0 Å². The standard InChI is InChI=1S/C15H12Cl2FNOS/c16-12-2-1-3-13(15(12)17)19-14(20)8-9-21-11-6-4-10(18)5-7-11/h1-7H,8-9H2,(H,19,20). The molecular weight excluding hydrogens is 332 g/mol. The third-order valence-electron chi connectivity index (χ3n) is 2.64. The van der Waals surface area contributed by atoms with Gasteiger partial charge in [-0.2, -0.15) is 0 Å². The summed E-state index contributed by atoms with van der Waals surface area (Å²) >= 11 is 13.4. The van der Waals surface area contributed by atoms with Crippen molar-refractivity contribution in [3.63, 3.8) is 0 Å². The van der Waals surface area contributed by atoms with Gasteiger partial charge in [0.2, 0.25) is 5.91 Å². The molecule has 0 aliphatic heterocycles. The van der Waals surface area contributed by atoms with E-state index in [2.05, 4.69) is 5.32 Å². The first-order valence-electron chi connectivity index (χ1n) is 6.18. The van der Waals surface area contributed by atoms with Gasteiger partial charge < -0.3 is 5.32 Å². The Morgan fingerprint density at radius 1 is 1.14 bits per heavy atom. The Hall–Kier alpha value is -1.23. The predicted octanol–water partition coefficient (Wildman–Crippen LogP) is 5.25. The molecule has 0 radical (unpaired) electrons. The Labute approximate surface area is 136 Å². The lowest BCUT2D eigenvalue weighted by atomic mass is 10.3. The molecule has 2 aromatic rings. The maximum absolute atomic E-state index is 12.8. The molecular formula is C15H12Cl2FNOS. The Morgan fingerprint density at radius 2 is 1.86 bits per heavy atom. The highest BCUT2D eigenvalue weighted by Gasteiger charge is 2.08. The van der Waals surface area contributed by atoms with Crippen molar-refractivity contribution in [1.29, 1.82) is 0 Å². The van der Waals surface area contributed by atoms with Gasteiger partial charge in [-0.3, -0.25) is 4.79 Å². The van der Waals surface area contributed by atoms with E-state index >= 15 is 0 Å². The summed E-state index contributed by atoms with van der Waals surface area (Å²) in [6.45, 7) is 0. The third kappa shape index (κ3) is 4.92. The first-order valence-corrected chi connectivity index (χ1v) is 7.92. The van der Waals surface area contributed by atoms with Crippen molar-refractivity contribution < 1.29 is 9.18 Å². The second kappa shape index (κ2) is 7.69. The average molecular weight is 344 g/mol. The Bertz CT molecular complexity index is 634. The Balaban J connectivity index is 1.82. The van der Waals surface area contributed by atoms with Crippen LogP contribution in [0.4, 0.5) is 10.1 Å². The zero-order valence-corrected chi connectivity index (χ0v) is 13.2. The molecule has 2 nitrogen and oxygen atoms in total. The van der Waals surface area contributed by atoms with Crippen molar-refractivity contribution in [1.82, 2.24) is 0 Å². The van der Waals surface area contributed by atoms with Crippen LogP contribution in [0.25, 0.3) is 0 Å². The van der Waals surface area contributed by atoms with Crippen LogP contribution in [-0.2, 0) is 4.79 Å².